The van der Waals surface area contributed by atoms with E-state index in [-0.39, 0.29) is 36.0 Å². The van der Waals surface area contributed by atoms with Crippen LogP contribution in [0.3, 0.4) is 0 Å². The lowest BCUT2D eigenvalue weighted by atomic mass is 10.2. The van der Waals surface area contributed by atoms with E-state index in [9.17, 15) is 4.79 Å². The Labute approximate surface area is 185 Å². The molecule has 0 heterocycles. The Bertz CT molecular complexity index is 618. The average molecular weight is 503 g/mol. The second-order valence-electron chi connectivity index (χ2n) is 7.29. The smallest absolute Gasteiger partial charge is 0.319 e. The van der Waals surface area contributed by atoms with E-state index < -0.39 is 0 Å². The molecule has 1 saturated carbocycles. The summed E-state index contributed by atoms with van der Waals surface area (Å²) in [6, 6.07) is 7.69. The zero-order valence-electron chi connectivity index (χ0n) is 17.3. The number of carbonyl (C=O) groups is 1. The first-order chi connectivity index (χ1) is 13.0. The molecule has 28 heavy (non-hydrogen) atoms. The van der Waals surface area contributed by atoms with E-state index in [1.165, 1.54) is 12.8 Å². The zero-order chi connectivity index (χ0) is 19.6. The van der Waals surface area contributed by atoms with Crippen LogP contribution in [-0.4, -0.2) is 56.8 Å². The Kier molecular flexibility index (Phi) is 11.2. The fourth-order valence-electron chi connectivity index (χ4n) is 2.54. The SMILES string of the molecule is CN=C(NCc1ccc(NC(=O)NC(C)C)cc1)N(C)CCOCC1CC1.I. The largest absolute Gasteiger partial charge is 0.379 e. The van der Waals surface area contributed by atoms with Crippen LogP contribution in [-0.2, 0) is 11.3 Å². The number of halogens is 1. The molecule has 0 atom stereocenters. The van der Waals surface area contributed by atoms with Gasteiger partial charge < -0.3 is 25.6 Å². The van der Waals surface area contributed by atoms with E-state index in [2.05, 4.69) is 25.8 Å². The van der Waals surface area contributed by atoms with Gasteiger partial charge in [0, 0.05) is 45.5 Å². The van der Waals surface area contributed by atoms with Crippen LogP contribution in [0.2, 0.25) is 0 Å². The summed E-state index contributed by atoms with van der Waals surface area (Å²) in [7, 11) is 3.79. The summed E-state index contributed by atoms with van der Waals surface area (Å²) < 4.78 is 5.69. The molecule has 0 aliphatic heterocycles. The number of hydrogen-bond donors (Lipinski definition) is 3. The number of anilines is 1. The number of nitrogens with one attached hydrogen (secondary N) is 3. The molecule has 8 heteroatoms. The third-order valence-electron chi connectivity index (χ3n) is 4.28. The topological polar surface area (TPSA) is 78.0 Å². The van der Waals surface area contributed by atoms with Crippen LogP contribution in [0.4, 0.5) is 10.5 Å². The van der Waals surface area contributed by atoms with Gasteiger partial charge in [-0.15, -0.1) is 24.0 Å². The van der Waals surface area contributed by atoms with E-state index in [1.54, 1.807) is 7.05 Å². The Morgan fingerprint density at radius 3 is 2.54 bits per heavy atom. The number of rotatable bonds is 9. The first-order valence-electron chi connectivity index (χ1n) is 9.64. The van der Waals surface area contributed by atoms with Crippen molar-refractivity contribution < 1.29 is 9.53 Å². The molecule has 0 saturated heterocycles. The summed E-state index contributed by atoms with van der Waals surface area (Å²) in [5.74, 6) is 1.63. The summed E-state index contributed by atoms with van der Waals surface area (Å²) in [6.07, 6.45) is 2.63. The fraction of sp³-hybridized carbons (Fsp3) is 0.600. The molecule has 1 aliphatic carbocycles. The predicted molar refractivity (Wildman–Crippen MR) is 126 cm³/mol. The molecule has 0 aromatic heterocycles. The van der Waals surface area contributed by atoms with Gasteiger partial charge in [-0.05, 0) is 50.3 Å². The van der Waals surface area contributed by atoms with Gasteiger partial charge in [-0.25, -0.2) is 4.79 Å². The van der Waals surface area contributed by atoms with Crippen LogP contribution in [0.5, 0.6) is 0 Å². The number of urea groups is 1. The Morgan fingerprint density at radius 2 is 1.96 bits per heavy atom. The maximum Gasteiger partial charge on any atom is 0.319 e. The molecule has 2 rings (SSSR count). The van der Waals surface area contributed by atoms with Crippen LogP contribution in [0.1, 0.15) is 32.3 Å². The molecule has 2 amide bonds. The van der Waals surface area contributed by atoms with Crippen LogP contribution >= 0.6 is 24.0 Å². The highest BCUT2D eigenvalue weighted by molar-refractivity contribution is 14.0. The van der Waals surface area contributed by atoms with Crippen LogP contribution in [0.25, 0.3) is 0 Å². The number of likely N-dealkylation sites (N-methyl/N-ethyl adjacent to an activating group) is 1. The highest BCUT2D eigenvalue weighted by atomic mass is 127. The third-order valence-corrected chi connectivity index (χ3v) is 4.28. The quantitative estimate of drug-likeness (QED) is 0.209. The summed E-state index contributed by atoms with van der Waals surface area (Å²) in [6.45, 7) is 6.93. The molecule has 0 bridgehead atoms. The number of hydrogen-bond acceptors (Lipinski definition) is 3. The van der Waals surface area contributed by atoms with Crippen molar-refractivity contribution in [3.05, 3.63) is 29.8 Å². The number of guanidine groups is 1. The molecule has 1 fully saturated rings. The van der Waals surface area contributed by atoms with Gasteiger partial charge in [0.05, 0.1) is 6.61 Å². The summed E-state index contributed by atoms with van der Waals surface area (Å²) >= 11 is 0. The van der Waals surface area contributed by atoms with Crippen LogP contribution < -0.4 is 16.0 Å². The monoisotopic (exact) mass is 503 g/mol. The molecule has 1 aromatic carbocycles. The highest BCUT2D eigenvalue weighted by Crippen LogP contribution is 2.28. The lowest BCUT2D eigenvalue weighted by Crippen LogP contribution is -2.40. The Balaban J connectivity index is 0.00000392. The van der Waals surface area contributed by atoms with Crippen molar-refractivity contribution in [2.75, 3.05) is 39.2 Å². The molecule has 1 aliphatic rings. The van der Waals surface area contributed by atoms with Crippen molar-refractivity contribution in [3.8, 4) is 0 Å². The van der Waals surface area contributed by atoms with Gasteiger partial charge in [-0.1, -0.05) is 12.1 Å². The minimum absolute atomic E-state index is 0. The normalized spacial score (nSPS) is 13.7. The summed E-state index contributed by atoms with van der Waals surface area (Å²) in [5, 5.41) is 8.98. The molecule has 0 unspecified atom stereocenters. The maximum atomic E-state index is 11.7. The second kappa shape index (κ2) is 12.8. The van der Waals surface area contributed by atoms with Crippen molar-refractivity contribution in [2.24, 2.45) is 10.9 Å². The van der Waals surface area contributed by atoms with Crippen molar-refractivity contribution in [1.29, 1.82) is 0 Å². The lowest BCUT2D eigenvalue weighted by molar-refractivity contribution is 0.115. The molecular weight excluding hydrogens is 469 g/mol. The number of benzene rings is 1. The molecule has 3 N–H and O–H groups in total. The number of aliphatic imine (C=N–C) groups is 1. The Hall–Kier alpha value is -1.55. The van der Waals surface area contributed by atoms with Gasteiger partial charge in [0.1, 0.15) is 0 Å². The van der Waals surface area contributed by atoms with E-state index in [1.807, 2.05) is 45.2 Å². The standard InChI is InChI=1S/C20H33N5O2.HI/c1-15(2)23-20(26)24-18-9-7-16(8-10-18)13-22-19(21-3)25(4)11-12-27-14-17-5-6-17;/h7-10,15,17H,5-6,11-14H2,1-4H3,(H,21,22)(H2,23,24,26);1H. The van der Waals surface area contributed by atoms with Gasteiger partial charge in [0.2, 0.25) is 0 Å². The first kappa shape index (κ1) is 24.5. The van der Waals surface area contributed by atoms with Gasteiger partial charge in [-0.2, -0.15) is 0 Å². The Morgan fingerprint density at radius 1 is 1.29 bits per heavy atom. The number of carbonyl (C=O) groups excluding carboxylic acids is 1. The highest BCUT2D eigenvalue weighted by Gasteiger charge is 2.21. The fourth-order valence-corrected chi connectivity index (χ4v) is 2.54. The van der Waals surface area contributed by atoms with E-state index in [4.69, 9.17) is 4.74 Å². The van der Waals surface area contributed by atoms with Crippen molar-refractivity contribution in [3.63, 3.8) is 0 Å². The molecular formula is C20H34IN5O2. The van der Waals surface area contributed by atoms with Crippen molar-refractivity contribution >= 4 is 41.7 Å². The summed E-state index contributed by atoms with van der Waals surface area (Å²) in [4.78, 5) is 18.1. The van der Waals surface area contributed by atoms with Gasteiger partial charge >= 0.3 is 6.03 Å². The van der Waals surface area contributed by atoms with Crippen molar-refractivity contribution in [2.45, 2.75) is 39.3 Å². The first-order valence-corrected chi connectivity index (χ1v) is 9.64. The van der Waals surface area contributed by atoms with Gasteiger partial charge in [0.25, 0.3) is 0 Å². The van der Waals surface area contributed by atoms with E-state index in [0.29, 0.717) is 13.2 Å². The van der Waals surface area contributed by atoms with Gasteiger partial charge in [0.15, 0.2) is 5.96 Å². The second-order valence-corrected chi connectivity index (χ2v) is 7.29. The summed E-state index contributed by atoms with van der Waals surface area (Å²) in [5.41, 5.74) is 1.88. The van der Waals surface area contributed by atoms with Crippen LogP contribution in [0.15, 0.2) is 29.3 Å². The van der Waals surface area contributed by atoms with E-state index in [0.717, 1.165) is 36.3 Å². The molecule has 0 radical (unpaired) electrons. The minimum atomic E-state index is -0.193. The number of nitrogens with zero attached hydrogens (tertiary/aromatic N) is 2. The minimum Gasteiger partial charge on any atom is -0.379 e. The predicted octanol–water partition coefficient (Wildman–Crippen LogP) is 3.27. The molecule has 158 valence electrons. The molecule has 0 spiro atoms. The molecule has 1 aromatic rings. The van der Waals surface area contributed by atoms with E-state index >= 15 is 0 Å². The molecule has 7 nitrogen and oxygen atoms in total. The number of ether oxygens (including phenoxy) is 1. The zero-order valence-corrected chi connectivity index (χ0v) is 19.7. The van der Waals surface area contributed by atoms with Crippen molar-refractivity contribution in [1.82, 2.24) is 15.5 Å². The van der Waals surface area contributed by atoms with Gasteiger partial charge in [-0.3, -0.25) is 4.99 Å². The number of amides is 2. The van der Waals surface area contributed by atoms with Crippen LogP contribution in [0, 0.1) is 5.92 Å². The third kappa shape index (κ3) is 9.59. The average Bonchev–Trinajstić information content (AvgIpc) is 3.44. The maximum absolute atomic E-state index is 11.7. The lowest BCUT2D eigenvalue weighted by Gasteiger charge is -2.22.